The number of ether oxygens (including phenoxy) is 1. The van der Waals surface area contributed by atoms with Crippen molar-refractivity contribution in [3.8, 4) is 17.0 Å². The summed E-state index contributed by atoms with van der Waals surface area (Å²) in [7, 11) is -2.03. The van der Waals surface area contributed by atoms with E-state index >= 15 is 0 Å². The van der Waals surface area contributed by atoms with Crippen LogP contribution < -0.4 is 19.9 Å². The summed E-state index contributed by atoms with van der Waals surface area (Å²) in [6.07, 6.45) is 4.57. The summed E-state index contributed by atoms with van der Waals surface area (Å²) < 4.78 is 29.4. The first kappa shape index (κ1) is 19.0. The van der Waals surface area contributed by atoms with Crippen LogP contribution >= 0.6 is 0 Å². The Morgan fingerprint density at radius 2 is 2.04 bits per heavy atom. The van der Waals surface area contributed by atoms with Crippen LogP contribution in [0.3, 0.4) is 0 Å². The Labute approximate surface area is 156 Å². The molecule has 11 heteroatoms. The number of benzene rings is 1. The van der Waals surface area contributed by atoms with E-state index < -0.39 is 10.2 Å². The fraction of sp³-hybridized carbons (Fsp3) is 0.312. The van der Waals surface area contributed by atoms with Crippen molar-refractivity contribution in [1.82, 2.24) is 24.9 Å². The average molecular weight is 391 g/mol. The summed E-state index contributed by atoms with van der Waals surface area (Å²) in [5.74, 6) is 1.37. The second-order valence-electron chi connectivity index (χ2n) is 5.84. The largest absolute Gasteiger partial charge is 0.496 e. The minimum atomic E-state index is -3.63. The monoisotopic (exact) mass is 391 g/mol. The van der Waals surface area contributed by atoms with E-state index in [0.29, 0.717) is 31.1 Å². The number of nitrogens with zero attached hydrogens (tertiary/aromatic N) is 3. The molecule has 0 saturated heterocycles. The minimum absolute atomic E-state index is 0.298. The lowest BCUT2D eigenvalue weighted by Gasteiger charge is -2.12. The molecule has 1 aromatic carbocycles. The van der Waals surface area contributed by atoms with Crippen molar-refractivity contribution in [3.63, 3.8) is 0 Å². The van der Waals surface area contributed by atoms with Crippen molar-refractivity contribution in [3.05, 3.63) is 30.7 Å². The third-order valence-electron chi connectivity index (χ3n) is 3.95. The summed E-state index contributed by atoms with van der Waals surface area (Å²) in [6.45, 7) is 0.926. The molecular formula is C16H21N7O3S. The first-order valence-corrected chi connectivity index (χ1v) is 9.86. The van der Waals surface area contributed by atoms with Gasteiger partial charge in [0.2, 0.25) is 0 Å². The predicted octanol–water partition coefficient (Wildman–Crippen LogP) is 1.01. The van der Waals surface area contributed by atoms with Crippen molar-refractivity contribution in [1.29, 1.82) is 0 Å². The van der Waals surface area contributed by atoms with Crippen molar-refractivity contribution >= 4 is 26.9 Å². The Morgan fingerprint density at radius 3 is 2.74 bits per heavy atom. The first-order chi connectivity index (χ1) is 13.0. The van der Waals surface area contributed by atoms with E-state index in [4.69, 9.17) is 9.88 Å². The predicted molar refractivity (Wildman–Crippen MR) is 103 cm³/mol. The molecular weight excluding hydrogens is 370 g/mol. The van der Waals surface area contributed by atoms with Gasteiger partial charge in [-0.15, -0.1) is 0 Å². The highest BCUT2D eigenvalue weighted by Gasteiger charge is 2.12. The highest BCUT2D eigenvalue weighted by Crippen LogP contribution is 2.34. The molecule has 3 aromatic rings. The molecule has 27 heavy (non-hydrogen) atoms. The lowest BCUT2D eigenvalue weighted by Crippen LogP contribution is -2.31. The fourth-order valence-corrected chi connectivity index (χ4v) is 3.11. The SMILES string of the molecule is COc1cc2c(NCCCCNS(N)(=O)=O)ncnc2cc1-c1ccn[nH]1. The van der Waals surface area contributed by atoms with Gasteiger partial charge in [-0.2, -0.15) is 13.5 Å². The number of H-pyrrole nitrogens is 1. The van der Waals surface area contributed by atoms with E-state index in [2.05, 4.69) is 30.2 Å². The van der Waals surface area contributed by atoms with E-state index in [1.807, 2.05) is 18.2 Å². The van der Waals surface area contributed by atoms with Crippen molar-refractivity contribution < 1.29 is 13.2 Å². The zero-order valence-electron chi connectivity index (χ0n) is 14.8. The van der Waals surface area contributed by atoms with Gasteiger partial charge in [0.1, 0.15) is 17.9 Å². The van der Waals surface area contributed by atoms with Crippen LogP contribution in [0.15, 0.2) is 30.7 Å². The Balaban J connectivity index is 1.73. The molecule has 10 nitrogen and oxygen atoms in total. The van der Waals surface area contributed by atoms with E-state index in [9.17, 15) is 8.42 Å². The molecule has 0 unspecified atom stereocenters. The highest BCUT2D eigenvalue weighted by molar-refractivity contribution is 7.87. The van der Waals surface area contributed by atoms with Gasteiger partial charge in [-0.25, -0.2) is 19.8 Å². The molecule has 2 aromatic heterocycles. The summed E-state index contributed by atoms with van der Waals surface area (Å²) in [4.78, 5) is 8.64. The topological polar surface area (TPSA) is 148 Å². The number of unbranched alkanes of at least 4 members (excludes halogenated alkanes) is 1. The maximum atomic E-state index is 10.8. The van der Waals surface area contributed by atoms with Crippen LogP contribution in [0.5, 0.6) is 5.75 Å². The van der Waals surface area contributed by atoms with Gasteiger partial charge < -0.3 is 10.1 Å². The number of anilines is 1. The molecule has 0 fully saturated rings. The smallest absolute Gasteiger partial charge is 0.274 e. The molecule has 0 radical (unpaired) electrons. The van der Waals surface area contributed by atoms with Crippen LogP contribution in [0.1, 0.15) is 12.8 Å². The second kappa shape index (κ2) is 8.29. The molecule has 0 atom stereocenters. The Hall–Kier alpha value is -2.76. The van der Waals surface area contributed by atoms with Gasteiger partial charge >= 0.3 is 0 Å². The Kier molecular flexibility index (Phi) is 5.84. The van der Waals surface area contributed by atoms with Gasteiger partial charge in [-0.1, -0.05) is 0 Å². The average Bonchev–Trinajstić information content (AvgIpc) is 3.17. The first-order valence-electron chi connectivity index (χ1n) is 8.31. The van der Waals surface area contributed by atoms with Gasteiger partial charge in [0.05, 0.1) is 18.3 Å². The Bertz CT molecular complexity index is 1010. The van der Waals surface area contributed by atoms with Crippen LogP contribution in [-0.4, -0.2) is 48.8 Å². The van der Waals surface area contributed by atoms with Gasteiger partial charge in [-0.3, -0.25) is 5.10 Å². The number of rotatable bonds is 9. The van der Waals surface area contributed by atoms with E-state index in [-0.39, 0.29) is 0 Å². The van der Waals surface area contributed by atoms with Crippen molar-refractivity contribution in [2.75, 3.05) is 25.5 Å². The molecule has 0 aliphatic heterocycles. The third-order valence-corrected chi connectivity index (χ3v) is 4.55. The number of aromatic nitrogens is 4. The summed E-state index contributed by atoms with van der Waals surface area (Å²) in [6, 6.07) is 5.67. The number of methoxy groups -OCH3 is 1. The standard InChI is InChI=1S/C16H21N7O3S/c1-26-15-9-12-14(8-11(15)13-4-7-21-23-13)19-10-20-16(12)18-5-2-3-6-22-27(17,24)25/h4,7-10,22H,2-3,5-6H2,1H3,(H,21,23)(H2,17,24,25)(H,18,19,20). The third kappa shape index (κ3) is 4.90. The van der Waals surface area contributed by atoms with Gasteiger partial charge in [0, 0.05) is 30.2 Å². The molecule has 144 valence electrons. The molecule has 0 aliphatic rings. The van der Waals surface area contributed by atoms with Crippen molar-refractivity contribution in [2.24, 2.45) is 5.14 Å². The van der Waals surface area contributed by atoms with E-state index in [1.54, 1.807) is 13.3 Å². The molecule has 0 aliphatic carbocycles. The quantitative estimate of drug-likeness (QED) is 0.398. The molecule has 5 N–H and O–H groups in total. The van der Waals surface area contributed by atoms with Crippen molar-refractivity contribution in [2.45, 2.75) is 12.8 Å². The number of aromatic amines is 1. The Morgan fingerprint density at radius 1 is 1.22 bits per heavy atom. The van der Waals surface area contributed by atoms with E-state index in [0.717, 1.165) is 28.6 Å². The maximum Gasteiger partial charge on any atom is 0.274 e. The second-order valence-corrected chi connectivity index (χ2v) is 7.21. The minimum Gasteiger partial charge on any atom is -0.496 e. The maximum absolute atomic E-state index is 10.8. The lowest BCUT2D eigenvalue weighted by atomic mass is 10.1. The number of nitrogens with one attached hydrogen (secondary N) is 3. The van der Waals surface area contributed by atoms with Gasteiger partial charge in [0.15, 0.2) is 0 Å². The number of fused-ring (bicyclic) bond motifs is 1. The number of hydrogen-bond acceptors (Lipinski definition) is 7. The van der Waals surface area contributed by atoms with Crippen LogP contribution in [0.25, 0.3) is 22.2 Å². The number of hydrogen-bond donors (Lipinski definition) is 4. The summed E-state index contributed by atoms with van der Waals surface area (Å²) >= 11 is 0. The molecule has 0 amide bonds. The molecule has 0 bridgehead atoms. The van der Waals surface area contributed by atoms with Crippen LogP contribution in [0, 0.1) is 0 Å². The lowest BCUT2D eigenvalue weighted by molar-refractivity contribution is 0.417. The molecule has 0 saturated carbocycles. The molecule has 2 heterocycles. The zero-order chi connectivity index (χ0) is 19.3. The fourth-order valence-electron chi connectivity index (χ4n) is 2.68. The van der Waals surface area contributed by atoms with Crippen LogP contribution in [-0.2, 0) is 10.2 Å². The summed E-state index contributed by atoms with van der Waals surface area (Å²) in [5, 5.41) is 15.9. The van der Waals surface area contributed by atoms with Gasteiger partial charge in [0.25, 0.3) is 10.2 Å². The number of nitrogens with two attached hydrogens (primary N) is 1. The molecule has 3 rings (SSSR count). The van der Waals surface area contributed by atoms with Crippen LogP contribution in [0.2, 0.25) is 0 Å². The van der Waals surface area contributed by atoms with Gasteiger partial charge in [-0.05, 0) is 31.0 Å². The highest BCUT2D eigenvalue weighted by atomic mass is 32.2. The normalized spacial score (nSPS) is 11.6. The zero-order valence-corrected chi connectivity index (χ0v) is 15.6. The molecule has 0 spiro atoms. The van der Waals surface area contributed by atoms with Crippen LogP contribution in [0.4, 0.5) is 5.82 Å². The van der Waals surface area contributed by atoms with E-state index in [1.165, 1.54) is 6.33 Å². The summed E-state index contributed by atoms with van der Waals surface area (Å²) in [5.41, 5.74) is 2.47.